The Labute approximate surface area is 127 Å². The third-order valence-electron chi connectivity index (χ3n) is 3.90. The van der Waals surface area contributed by atoms with E-state index in [0.717, 1.165) is 31.5 Å². The highest BCUT2D eigenvalue weighted by Gasteiger charge is 2.24. The van der Waals surface area contributed by atoms with Gasteiger partial charge in [0.1, 0.15) is 11.6 Å². The fraction of sp³-hybridized carbons (Fsp3) is 0.312. The van der Waals surface area contributed by atoms with Crippen molar-refractivity contribution in [2.75, 3.05) is 18.0 Å². The first-order chi connectivity index (χ1) is 10.6. The van der Waals surface area contributed by atoms with Crippen LogP contribution in [0.4, 0.5) is 10.2 Å². The van der Waals surface area contributed by atoms with Crippen LogP contribution in [0.2, 0.25) is 0 Å². The molecule has 2 heterocycles. The zero-order chi connectivity index (χ0) is 15.5. The molecular formula is C16H16FN3O2. The Balaban J connectivity index is 1.62. The summed E-state index contributed by atoms with van der Waals surface area (Å²) in [5.74, 6) is -0.113. The molecule has 114 valence electrons. The summed E-state index contributed by atoms with van der Waals surface area (Å²) in [6.45, 7) is 1.71. The van der Waals surface area contributed by atoms with Crippen LogP contribution in [0.5, 0.6) is 0 Å². The number of anilines is 1. The second-order valence-electron chi connectivity index (χ2n) is 5.50. The molecule has 1 N–H and O–H groups in total. The van der Waals surface area contributed by atoms with E-state index in [1.807, 2.05) is 12.1 Å². The lowest BCUT2D eigenvalue weighted by molar-refractivity contribution is 0.0690. The van der Waals surface area contributed by atoms with Crippen molar-refractivity contribution < 1.29 is 14.3 Å². The van der Waals surface area contributed by atoms with E-state index >= 15 is 0 Å². The van der Waals surface area contributed by atoms with Gasteiger partial charge in [0.05, 0.1) is 12.4 Å². The summed E-state index contributed by atoms with van der Waals surface area (Å²) in [5, 5.41) is 8.82. The van der Waals surface area contributed by atoms with Gasteiger partial charge in [-0.15, -0.1) is 0 Å². The van der Waals surface area contributed by atoms with Gasteiger partial charge >= 0.3 is 5.97 Å². The maximum Gasteiger partial charge on any atom is 0.356 e. The molecule has 22 heavy (non-hydrogen) atoms. The first-order valence-electron chi connectivity index (χ1n) is 7.16. The van der Waals surface area contributed by atoms with Gasteiger partial charge < -0.3 is 10.0 Å². The summed E-state index contributed by atoms with van der Waals surface area (Å²) in [5.41, 5.74) is 1.08. The molecule has 1 unspecified atom stereocenters. The number of rotatable bonds is 4. The molecule has 1 aromatic carbocycles. The van der Waals surface area contributed by atoms with Gasteiger partial charge in [0, 0.05) is 13.1 Å². The number of nitrogens with zero attached hydrogens (tertiary/aromatic N) is 3. The normalized spacial score (nSPS) is 17.7. The van der Waals surface area contributed by atoms with Crippen molar-refractivity contribution in [2.45, 2.75) is 12.8 Å². The minimum atomic E-state index is -1.07. The third-order valence-corrected chi connectivity index (χ3v) is 3.90. The van der Waals surface area contributed by atoms with Crippen molar-refractivity contribution in [3.8, 4) is 0 Å². The number of benzene rings is 1. The van der Waals surface area contributed by atoms with Gasteiger partial charge in [-0.25, -0.2) is 19.2 Å². The van der Waals surface area contributed by atoms with E-state index in [1.54, 1.807) is 0 Å². The van der Waals surface area contributed by atoms with E-state index in [9.17, 15) is 9.18 Å². The Bertz CT molecular complexity index is 658. The number of hydrogen-bond donors (Lipinski definition) is 1. The first kappa shape index (κ1) is 14.4. The van der Waals surface area contributed by atoms with Crippen molar-refractivity contribution in [1.82, 2.24) is 9.97 Å². The van der Waals surface area contributed by atoms with Crippen LogP contribution in [0, 0.1) is 11.7 Å². The maximum absolute atomic E-state index is 12.9. The largest absolute Gasteiger partial charge is 0.476 e. The summed E-state index contributed by atoms with van der Waals surface area (Å²) >= 11 is 0. The molecule has 1 aliphatic rings. The Morgan fingerprint density at radius 2 is 2.05 bits per heavy atom. The van der Waals surface area contributed by atoms with Gasteiger partial charge in [-0.3, -0.25) is 0 Å². The van der Waals surface area contributed by atoms with E-state index in [1.165, 1.54) is 24.5 Å². The van der Waals surface area contributed by atoms with Crippen molar-refractivity contribution in [3.63, 3.8) is 0 Å². The molecule has 3 rings (SSSR count). The summed E-state index contributed by atoms with van der Waals surface area (Å²) < 4.78 is 12.9. The van der Waals surface area contributed by atoms with Crippen LogP contribution < -0.4 is 4.90 Å². The standard InChI is InChI=1S/C16H16FN3O2/c17-13-3-1-11(2-4-13)7-12-5-6-20(10-12)15-9-18-14(8-19-15)16(21)22/h1-4,8-9,12H,5-7,10H2,(H,21,22). The minimum Gasteiger partial charge on any atom is -0.476 e. The molecule has 2 aromatic rings. The summed E-state index contributed by atoms with van der Waals surface area (Å²) in [6.07, 6.45) is 4.71. The second-order valence-corrected chi connectivity index (χ2v) is 5.50. The zero-order valence-corrected chi connectivity index (χ0v) is 11.9. The van der Waals surface area contributed by atoms with Crippen LogP contribution >= 0.6 is 0 Å². The maximum atomic E-state index is 12.9. The molecule has 0 radical (unpaired) electrons. The highest BCUT2D eigenvalue weighted by Crippen LogP contribution is 2.24. The monoisotopic (exact) mass is 301 g/mol. The molecule has 5 nitrogen and oxygen atoms in total. The molecule has 1 atom stereocenters. The number of carboxylic acids is 1. The molecule has 0 saturated carbocycles. The zero-order valence-electron chi connectivity index (χ0n) is 11.9. The summed E-state index contributed by atoms with van der Waals surface area (Å²) in [6, 6.07) is 6.61. The van der Waals surface area contributed by atoms with Crippen LogP contribution in [0.25, 0.3) is 0 Å². The van der Waals surface area contributed by atoms with Gasteiger partial charge in [-0.05, 0) is 36.5 Å². The van der Waals surface area contributed by atoms with Crippen molar-refractivity contribution in [2.24, 2.45) is 5.92 Å². The van der Waals surface area contributed by atoms with Crippen molar-refractivity contribution in [1.29, 1.82) is 0 Å². The summed E-state index contributed by atoms with van der Waals surface area (Å²) in [4.78, 5) is 20.9. The average molecular weight is 301 g/mol. The van der Waals surface area contributed by atoms with Crippen LogP contribution in [0.1, 0.15) is 22.5 Å². The quantitative estimate of drug-likeness (QED) is 0.939. The Kier molecular flexibility index (Phi) is 4.00. The molecule has 1 fully saturated rings. The Morgan fingerprint density at radius 3 is 2.68 bits per heavy atom. The molecule has 0 bridgehead atoms. The van der Waals surface area contributed by atoms with E-state index in [-0.39, 0.29) is 11.5 Å². The molecule has 0 spiro atoms. The molecule has 0 amide bonds. The van der Waals surface area contributed by atoms with Gasteiger partial charge in [0.25, 0.3) is 0 Å². The number of carbonyl (C=O) groups is 1. The van der Waals surface area contributed by atoms with Crippen molar-refractivity contribution in [3.05, 3.63) is 53.7 Å². The predicted octanol–water partition coefficient (Wildman–Crippen LogP) is 2.38. The lowest BCUT2D eigenvalue weighted by Gasteiger charge is -2.17. The van der Waals surface area contributed by atoms with Crippen LogP contribution in [-0.4, -0.2) is 34.1 Å². The minimum absolute atomic E-state index is 0.0502. The van der Waals surface area contributed by atoms with Crippen molar-refractivity contribution >= 4 is 11.8 Å². The molecule has 1 aromatic heterocycles. The fourth-order valence-corrected chi connectivity index (χ4v) is 2.76. The number of hydrogen-bond acceptors (Lipinski definition) is 4. The molecule has 6 heteroatoms. The van der Waals surface area contributed by atoms with E-state index in [2.05, 4.69) is 14.9 Å². The van der Waals surface area contributed by atoms with Crippen LogP contribution in [-0.2, 0) is 6.42 Å². The van der Waals surface area contributed by atoms with Gasteiger partial charge in [0.15, 0.2) is 5.69 Å². The second kappa shape index (κ2) is 6.09. The topological polar surface area (TPSA) is 66.3 Å². The predicted molar refractivity (Wildman–Crippen MR) is 79.4 cm³/mol. The highest BCUT2D eigenvalue weighted by atomic mass is 19.1. The van der Waals surface area contributed by atoms with Gasteiger partial charge in [-0.1, -0.05) is 12.1 Å². The van der Waals surface area contributed by atoms with Gasteiger partial charge in [-0.2, -0.15) is 0 Å². The highest BCUT2D eigenvalue weighted by molar-refractivity contribution is 5.84. The molecule has 1 aliphatic heterocycles. The van der Waals surface area contributed by atoms with E-state index in [4.69, 9.17) is 5.11 Å². The Hall–Kier alpha value is -2.50. The lowest BCUT2D eigenvalue weighted by atomic mass is 9.99. The Morgan fingerprint density at radius 1 is 1.27 bits per heavy atom. The van der Waals surface area contributed by atoms with Gasteiger partial charge in [0.2, 0.25) is 0 Å². The van der Waals surface area contributed by atoms with E-state index < -0.39 is 5.97 Å². The first-order valence-corrected chi connectivity index (χ1v) is 7.16. The average Bonchev–Trinajstić information content (AvgIpc) is 2.98. The SMILES string of the molecule is O=C(O)c1cnc(N2CCC(Cc3ccc(F)cc3)C2)cn1. The smallest absolute Gasteiger partial charge is 0.356 e. The summed E-state index contributed by atoms with van der Waals surface area (Å²) in [7, 11) is 0. The number of carboxylic acid groups (broad SMARTS) is 1. The number of aromatic carboxylic acids is 1. The molecular weight excluding hydrogens is 285 g/mol. The van der Waals surface area contributed by atoms with Crippen LogP contribution in [0.3, 0.4) is 0 Å². The lowest BCUT2D eigenvalue weighted by Crippen LogP contribution is -2.21. The number of halogens is 1. The van der Waals surface area contributed by atoms with E-state index in [0.29, 0.717) is 11.7 Å². The number of aromatic nitrogens is 2. The molecule has 1 saturated heterocycles. The third kappa shape index (κ3) is 3.21. The van der Waals surface area contributed by atoms with Crippen LogP contribution in [0.15, 0.2) is 36.7 Å². The fourth-order valence-electron chi connectivity index (χ4n) is 2.76. The molecule has 0 aliphatic carbocycles.